The fourth-order valence-corrected chi connectivity index (χ4v) is 3.94. The molecule has 2 aromatic carbocycles. The van der Waals surface area contributed by atoms with Gasteiger partial charge in [0.25, 0.3) is 0 Å². The van der Waals surface area contributed by atoms with Crippen molar-refractivity contribution < 1.29 is 23.1 Å². The molecule has 3 atom stereocenters. The summed E-state index contributed by atoms with van der Waals surface area (Å²) in [5.41, 5.74) is 1.30. The van der Waals surface area contributed by atoms with Gasteiger partial charge < -0.3 is 10.0 Å². The summed E-state index contributed by atoms with van der Waals surface area (Å²) in [6, 6.07) is 15.5. The summed E-state index contributed by atoms with van der Waals surface area (Å²) in [5.74, 6) is -2.03. The normalized spacial score (nSPS) is 14.8. The minimum Gasteiger partial charge on any atom is -0.387 e. The zero-order chi connectivity index (χ0) is 22.3. The van der Waals surface area contributed by atoms with Crippen LogP contribution in [0.5, 0.6) is 0 Å². The third kappa shape index (κ3) is 7.60. The molecule has 0 fully saturated rings. The number of benzene rings is 2. The number of aliphatic hydroxyl groups excluding tert-OH is 1. The summed E-state index contributed by atoms with van der Waals surface area (Å²) < 4.78 is 39.2. The molecule has 0 heterocycles. The van der Waals surface area contributed by atoms with Crippen molar-refractivity contribution in [2.75, 3.05) is 6.54 Å². The number of carbonyl (C=O) groups is 1. The number of rotatable bonds is 9. The first-order valence-electron chi connectivity index (χ1n) is 9.55. The van der Waals surface area contributed by atoms with E-state index in [0.29, 0.717) is 29.0 Å². The van der Waals surface area contributed by atoms with Crippen LogP contribution in [0.2, 0.25) is 5.02 Å². The van der Waals surface area contributed by atoms with E-state index in [1.165, 1.54) is 0 Å². The zero-order valence-corrected chi connectivity index (χ0v) is 18.8. The van der Waals surface area contributed by atoms with E-state index in [-0.39, 0.29) is 23.8 Å². The number of hydrogen-bond donors (Lipinski definition) is 1. The number of hydrogen-bond acceptors (Lipinski definition) is 2. The molecule has 1 N–H and O–H groups in total. The SMILES string of the molecule is CC(CCC(Br)C(O)c1cccc(Cl)c1)CN(Cc1ccccc1)C(=O)C(F)(F)F. The fraction of sp³-hybridized carbons (Fsp3) is 0.409. The largest absolute Gasteiger partial charge is 0.471 e. The van der Waals surface area contributed by atoms with Crippen LogP contribution in [0.1, 0.15) is 37.0 Å². The lowest BCUT2D eigenvalue weighted by Gasteiger charge is -2.27. The van der Waals surface area contributed by atoms with Crippen molar-refractivity contribution in [1.29, 1.82) is 0 Å². The average Bonchev–Trinajstić information content (AvgIpc) is 2.70. The first kappa shape index (κ1) is 24.7. The highest BCUT2D eigenvalue weighted by Crippen LogP contribution is 2.29. The van der Waals surface area contributed by atoms with Gasteiger partial charge in [-0.25, -0.2) is 0 Å². The van der Waals surface area contributed by atoms with E-state index in [0.717, 1.165) is 4.90 Å². The maximum absolute atomic E-state index is 13.1. The van der Waals surface area contributed by atoms with Crippen molar-refractivity contribution in [1.82, 2.24) is 4.90 Å². The molecule has 0 bridgehead atoms. The Morgan fingerprint density at radius 2 is 1.80 bits per heavy atom. The molecule has 0 radical (unpaired) electrons. The second-order valence-corrected chi connectivity index (χ2v) is 8.98. The predicted octanol–water partition coefficient (Wildman–Crippen LogP) is 6.14. The maximum Gasteiger partial charge on any atom is 0.471 e. The van der Waals surface area contributed by atoms with E-state index in [1.54, 1.807) is 61.5 Å². The molecule has 0 saturated carbocycles. The van der Waals surface area contributed by atoms with Crippen LogP contribution in [0.4, 0.5) is 13.2 Å². The van der Waals surface area contributed by atoms with Crippen LogP contribution in [-0.4, -0.2) is 33.5 Å². The minimum atomic E-state index is -4.92. The summed E-state index contributed by atoms with van der Waals surface area (Å²) in [4.78, 5) is 12.5. The Bertz CT molecular complexity index is 820. The van der Waals surface area contributed by atoms with Gasteiger partial charge >= 0.3 is 12.1 Å². The second-order valence-electron chi connectivity index (χ2n) is 7.37. The lowest BCUT2D eigenvalue weighted by molar-refractivity contribution is -0.186. The van der Waals surface area contributed by atoms with Gasteiger partial charge in [0.2, 0.25) is 0 Å². The number of carbonyl (C=O) groups excluding carboxylic acids is 1. The topological polar surface area (TPSA) is 40.5 Å². The first-order chi connectivity index (χ1) is 14.1. The minimum absolute atomic E-state index is 0.0276. The van der Waals surface area contributed by atoms with Crippen molar-refractivity contribution in [2.24, 2.45) is 5.92 Å². The molecule has 8 heteroatoms. The van der Waals surface area contributed by atoms with Crippen LogP contribution in [0, 0.1) is 5.92 Å². The molecule has 3 nitrogen and oxygen atoms in total. The molecule has 0 spiro atoms. The number of halogens is 5. The van der Waals surface area contributed by atoms with E-state index in [4.69, 9.17) is 11.6 Å². The van der Waals surface area contributed by atoms with Gasteiger partial charge in [0.05, 0.1) is 6.10 Å². The first-order valence-corrected chi connectivity index (χ1v) is 10.8. The average molecular weight is 507 g/mol. The fourth-order valence-electron chi connectivity index (χ4n) is 3.17. The molecule has 0 aliphatic rings. The molecule has 164 valence electrons. The maximum atomic E-state index is 13.1. The van der Waals surface area contributed by atoms with E-state index in [9.17, 15) is 23.1 Å². The number of nitrogens with zero attached hydrogens (tertiary/aromatic N) is 1. The Balaban J connectivity index is 1.97. The Morgan fingerprint density at radius 3 is 2.40 bits per heavy atom. The number of amides is 1. The van der Waals surface area contributed by atoms with Crippen molar-refractivity contribution >= 4 is 33.4 Å². The molecule has 2 rings (SSSR count). The molecule has 2 aromatic rings. The standard InChI is InChI=1S/C22H24BrClF3NO2/c1-15(10-11-19(23)20(29)17-8-5-9-18(24)12-17)13-28(21(30)22(25,26)27)14-16-6-3-2-4-7-16/h2-9,12,15,19-20,29H,10-11,13-14H2,1H3. The quantitative estimate of drug-likeness (QED) is 0.415. The number of alkyl halides is 4. The van der Waals surface area contributed by atoms with Gasteiger partial charge in [-0.1, -0.05) is 76.9 Å². The van der Waals surface area contributed by atoms with Crippen LogP contribution in [0.3, 0.4) is 0 Å². The summed E-state index contributed by atoms with van der Waals surface area (Å²) >= 11 is 9.42. The molecule has 0 saturated heterocycles. The van der Waals surface area contributed by atoms with E-state index >= 15 is 0 Å². The highest BCUT2D eigenvalue weighted by Gasteiger charge is 2.42. The summed E-state index contributed by atoms with van der Waals surface area (Å²) in [7, 11) is 0. The van der Waals surface area contributed by atoms with Crippen molar-refractivity contribution in [3.8, 4) is 0 Å². The Kier molecular flexibility index (Phi) is 9.19. The third-order valence-corrected chi connectivity index (χ3v) is 5.94. The molecule has 1 amide bonds. The molecule has 0 aromatic heterocycles. The Hall–Kier alpha value is -1.57. The van der Waals surface area contributed by atoms with Crippen LogP contribution in [-0.2, 0) is 11.3 Å². The highest BCUT2D eigenvalue weighted by molar-refractivity contribution is 9.09. The van der Waals surface area contributed by atoms with Crippen molar-refractivity contribution in [3.63, 3.8) is 0 Å². The Labute approximate surface area is 188 Å². The van der Waals surface area contributed by atoms with Crippen molar-refractivity contribution in [3.05, 3.63) is 70.7 Å². The Morgan fingerprint density at radius 1 is 1.13 bits per heavy atom. The van der Waals surface area contributed by atoms with Gasteiger partial charge in [-0.2, -0.15) is 13.2 Å². The van der Waals surface area contributed by atoms with E-state index in [2.05, 4.69) is 15.9 Å². The zero-order valence-electron chi connectivity index (χ0n) is 16.4. The summed E-state index contributed by atoms with van der Waals surface area (Å²) in [6.45, 7) is 1.67. The van der Waals surface area contributed by atoms with E-state index < -0.39 is 18.2 Å². The molecular formula is C22H24BrClF3NO2. The lowest BCUT2D eigenvalue weighted by atomic mass is 9.98. The van der Waals surface area contributed by atoms with Gasteiger partial charge in [0.1, 0.15) is 0 Å². The molecule has 30 heavy (non-hydrogen) atoms. The monoisotopic (exact) mass is 505 g/mol. The van der Waals surface area contributed by atoms with Crippen LogP contribution in [0.15, 0.2) is 54.6 Å². The van der Waals surface area contributed by atoms with Crippen LogP contribution in [0.25, 0.3) is 0 Å². The van der Waals surface area contributed by atoms with Gasteiger partial charge in [0.15, 0.2) is 0 Å². The molecular weight excluding hydrogens is 483 g/mol. The van der Waals surface area contributed by atoms with Crippen molar-refractivity contribution in [2.45, 2.75) is 43.4 Å². The molecule has 0 aliphatic carbocycles. The van der Waals surface area contributed by atoms with Gasteiger partial charge in [-0.15, -0.1) is 0 Å². The second kappa shape index (κ2) is 11.2. The predicted molar refractivity (Wildman–Crippen MR) is 115 cm³/mol. The highest BCUT2D eigenvalue weighted by atomic mass is 79.9. The summed E-state index contributed by atoms with van der Waals surface area (Å²) in [6.07, 6.45) is -4.67. The summed E-state index contributed by atoms with van der Waals surface area (Å²) in [5, 5.41) is 11.0. The lowest BCUT2D eigenvalue weighted by Crippen LogP contribution is -2.42. The smallest absolute Gasteiger partial charge is 0.387 e. The third-order valence-electron chi connectivity index (χ3n) is 4.75. The van der Waals surface area contributed by atoms with Crippen LogP contribution >= 0.6 is 27.5 Å². The van der Waals surface area contributed by atoms with Gasteiger partial charge in [-0.05, 0) is 42.0 Å². The van der Waals surface area contributed by atoms with Gasteiger partial charge in [-0.3, -0.25) is 4.79 Å². The molecule has 3 unspecified atom stereocenters. The van der Waals surface area contributed by atoms with Crippen LogP contribution < -0.4 is 0 Å². The van der Waals surface area contributed by atoms with E-state index in [1.807, 2.05) is 0 Å². The molecule has 0 aliphatic heterocycles. The van der Waals surface area contributed by atoms with Gasteiger partial charge in [0, 0.05) is 22.9 Å². The number of aliphatic hydroxyl groups is 1.